The minimum Gasteiger partial charge on any atom is -0.391 e. The molecule has 2 N–H and O–H groups in total. The number of likely N-dealkylation sites (N-methyl/N-ethyl adjacent to an activating group) is 1. The summed E-state index contributed by atoms with van der Waals surface area (Å²) in [7, 11) is 0. The van der Waals surface area contributed by atoms with Crippen molar-refractivity contribution in [1.82, 2.24) is 4.90 Å². The molecule has 14 heavy (non-hydrogen) atoms. The number of rotatable bonds is 3. The first-order valence-electron chi connectivity index (χ1n) is 5.36. The molecular weight excluding hydrogens is 202 g/mol. The van der Waals surface area contributed by atoms with Crippen molar-refractivity contribution in [2.24, 2.45) is 0 Å². The zero-order valence-electron chi connectivity index (χ0n) is 8.86. The topological polar surface area (TPSA) is 43.7 Å². The van der Waals surface area contributed by atoms with Gasteiger partial charge in [0.25, 0.3) is 0 Å². The van der Waals surface area contributed by atoms with Gasteiger partial charge in [0.15, 0.2) is 0 Å². The molecule has 1 rings (SSSR count). The predicted molar refractivity (Wildman–Crippen MR) is 57.6 cm³/mol. The van der Waals surface area contributed by atoms with Crippen LogP contribution in [0.15, 0.2) is 0 Å². The van der Waals surface area contributed by atoms with Crippen LogP contribution in [0.2, 0.25) is 0 Å². The Morgan fingerprint density at radius 1 is 1.21 bits per heavy atom. The molecule has 1 aliphatic carbocycles. The Morgan fingerprint density at radius 3 is 2.29 bits per heavy atom. The molecular formula is C10H20ClNO2. The lowest BCUT2D eigenvalue weighted by Gasteiger charge is -2.41. The normalized spacial score (nSPS) is 39.0. The van der Waals surface area contributed by atoms with Crippen molar-refractivity contribution < 1.29 is 10.2 Å². The van der Waals surface area contributed by atoms with Crippen LogP contribution in [0.3, 0.4) is 0 Å². The Labute approximate surface area is 90.7 Å². The Bertz CT molecular complexity index is 174. The Kier molecular flexibility index (Phi) is 4.64. The number of halogens is 1. The molecule has 84 valence electrons. The largest absolute Gasteiger partial charge is 0.391 e. The molecule has 0 aromatic heterocycles. The van der Waals surface area contributed by atoms with E-state index in [2.05, 4.69) is 4.90 Å². The van der Waals surface area contributed by atoms with E-state index in [1.165, 1.54) is 0 Å². The van der Waals surface area contributed by atoms with E-state index >= 15 is 0 Å². The van der Waals surface area contributed by atoms with Gasteiger partial charge in [0.05, 0.1) is 23.6 Å². The lowest BCUT2D eigenvalue weighted by molar-refractivity contribution is -0.0507. The zero-order valence-corrected chi connectivity index (χ0v) is 9.61. The molecule has 4 atom stereocenters. The molecule has 1 fully saturated rings. The molecule has 1 saturated carbocycles. The minimum absolute atomic E-state index is 0.193. The molecule has 0 unspecified atom stereocenters. The summed E-state index contributed by atoms with van der Waals surface area (Å²) in [5.41, 5.74) is 0. The van der Waals surface area contributed by atoms with Crippen molar-refractivity contribution in [3.63, 3.8) is 0 Å². The second-order valence-corrected chi connectivity index (χ2v) is 4.42. The highest BCUT2D eigenvalue weighted by atomic mass is 35.5. The Hall–Kier alpha value is 0.170. The summed E-state index contributed by atoms with van der Waals surface area (Å²) in [5, 5.41) is 19.5. The van der Waals surface area contributed by atoms with Gasteiger partial charge in [0.2, 0.25) is 0 Å². The van der Waals surface area contributed by atoms with Gasteiger partial charge < -0.3 is 10.2 Å². The summed E-state index contributed by atoms with van der Waals surface area (Å²) in [6.07, 6.45) is 0.328. The molecule has 0 amide bonds. The number of aliphatic hydroxyl groups excluding tert-OH is 2. The van der Waals surface area contributed by atoms with Crippen molar-refractivity contribution in [2.75, 3.05) is 13.1 Å². The third-order valence-electron chi connectivity index (χ3n) is 3.09. The van der Waals surface area contributed by atoms with Crippen LogP contribution in [0.4, 0.5) is 0 Å². The standard InChI is InChI=1S/C10H20ClNO2/c1-3-12(4-2)9-8(13)6-5-7(11)10(9)14/h7-10,13-14H,3-6H2,1-2H3/t7-,8+,9-,10+/m0/s1. The first-order chi connectivity index (χ1) is 6.61. The quantitative estimate of drug-likeness (QED) is 0.694. The first kappa shape index (κ1) is 12.2. The summed E-state index contributed by atoms with van der Waals surface area (Å²) in [5.74, 6) is 0. The molecule has 1 aliphatic rings. The molecule has 0 aromatic carbocycles. The summed E-state index contributed by atoms with van der Waals surface area (Å²) < 4.78 is 0. The van der Waals surface area contributed by atoms with E-state index in [1.54, 1.807) is 0 Å². The molecule has 0 heterocycles. The second kappa shape index (κ2) is 5.31. The van der Waals surface area contributed by atoms with Gasteiger partial charge in [0.1, 0.15) is 0 Å². The van der Waals surface area contributed by atoms with E-state index in [0.717, 1.165) is 13.1 Å². The monoisotopic (exact) mass is 221 g/mol. The van der Waals surface area contributed by atoms with E-state index in [1.807, 2.05) is 13.8 Å². The van der Waals surface area contributed by atoms with Gasteiger partial charge in [0, 0.05) is 0 Å². The van der Waals surface area contributed by atoms with Gasteiger partial charge in [-0.2, -0.15) is 0 Å². The number of hydrogen-bond donors (Lipinski definition) is 2. The third-order valence-corrected chi connectivity index (χ3v) is 3.56. The van der Waals surface area contributed by atoms with Crippen LogP contribution in [-0.2, 0) is 0 Å². The molecule has 0 aromatic rings. The van der Waals surface area contributed by atoms with Crippen LogP contribution < -0.4 is 0 Å². The third kappa shape index (κ3) is 2.40. The molecule has 3 nitrogen and oxygen atoms in total. The highest BCUT2D eigenvalue weighted by molar-refractivity contribution is 6.21. The van der Waals surface area contributed by atoms with E-state index in [4.69, 9.17) is 11.6 Å². The van der Waals surface area contributed by atoms with Crippen molar-refractivity contribution >= 4 is 11.6 Å². The number of nitrogens with zero attached hydrogens (tertiary/aromatic N) is 1. The number of aliphatic hydroxyl groups is 2. The fourth-order valence-corrected chi connectivity index (χ4v) is 2.49. The molecule has 0 bridgehead atoms. The summed E-state index contributed by atoms with van der Waals surface area (Å²) in [4.78, 5) is 2.07. The van der Waals surface area contributed by atoms with Gasteiger partial charge in [-0.25, -0.2) is 0 Å². The smallest absolute Gasteiger partial charge is 0.0883 e. The van der Waals surface area contributed by atoms with Crippen LogP contribution in [0.1, 0.15) is 26.7 Å². The summed E-state index contributed by atoms with van der Waals surface area (Å²) in [6.45, 7) is 5.72. The van der Waals surface area contributed by atoms with Crippen LogP contribution in [0.25, 0.3) is 0 Å². The predicted octanol–water partition coefficient (Wildman–Crippen LogP) is 0.820. The number of alkyl halides is 1. The van der Waals surface area contributed by atoms with Gasteiger partial charge in [-0.3, -0.25) is 4.90 Å². The van der Waals surface area contributed by atoms with Gasteiger partial charge in [-0.15, -0.1) is 11.6 Å². The highest BCUT2D eigenvalue weighted by Gasteiger charge is 2.39. The molecule has 0 aliphatic heterocycles. The summed E-state index contributed by atoms with van der Waals surface area (Å²) in [6, 6.07) is -0.193. The lowest BCUT2D eigenvalue weighted by Crippen LogP contribution is -2.56. The minimum atomic E-state index is -0.611. The first-order valence-corrected chi connectivity index (χ1v) is 5.79. The van der Waals surface area contributed by atoms with E-state index < -0.39 is 12.2 Å². The van der Waals surface area contributed by atoms with Crippen molar-refractivity contribution in [2.45, 2.75) is 50.3 Å². The molecule has 4 heteroatoms. The Morgan fingerprint density at radius 2 is 1.79 bits per heavy atom. The lowest BCUT2D eigenvalue weighted by atomic mass is 9.88. The highest BCUT2D eigenvalue weighted by Crippen LogP contribution is 2.27. The fraction of sp³-hybridized carbons (Fsp3) is 1.00. The van der Waals surface area contributed by atoms with Crippen LogP contribution in [-0.4, -0.2) is 51.8 Å². The number of hydrogen-bond acceptors (Lipinski definition) is 3. The molecule has 0 radical (unpaired) electrons. The van der Waals surface area contributed by atoms with Crippen molar-refractivity contribution in [1.29, 1.82) is 0 Å². The Balaban J connectivity index is 2.70. The maximum absolute atomic E-state index is 9.91. The van der Waals surface area contributed by atoms with Gasteiger partial charge in [-0.05, 0) is 25.9 Å². The van der Waals surface area contributed by atoms with Crippen molar-refractivity contribution in [3.8, 4) is 0 Å². The maximum atomic E-state index is 9.91. The second-order valence-electron chi connectivity index (χ2n) is 3.86. The average Bonchev–Trinajstić information content (AvgIpc) is 2.19. The molecule has 0 spiro atoms. The van der Waals surface area contributed by atoms with E-state index in [-0.39, 0.29) is 11.4 Å². The zero-order chi connectivity index (χ0) is 10.7. The van der Waals surface area contributed by atoms with Crippen LogP contribution in [0, 0.1) is 0 Å². The van der Waals surface area contributed by atoms with E-state index in [0.29, 0.717) is 12.8 Å². The maximum Gasteiger partial charge on any atom is 0.0883 e. The average molecular weight is 222 g/mol. The van der Waals surface area contributed by atoms with E-state index in [9.17, 15) is 10.2 Å². The van der Waals surface area contributed by atoms with Crippen LogP contribution >= 0.6 is 11.6 Å². The summed E-state index contributed by atoms with van der Waals surface area (Å²) >= 11 is 6.00. The van der Waals surface area contributed by atoms with Crippen molar-refractivity contribution in [3.05, 3.63) is 0 Å². The fourth-order valence-electron chi connectivity index (χ4n) is 2.22. The SMILES string of the molecule is CCN(CC)[C@@H]1[C@H](O)[C@@H](Cl)CC[C@H]1O. The van der Waals surface area contributed by atoms with Gasteiger partial charge in [-0.1, -0.05) is 13.8 Å². The van der Waals surface area contributed by atoms with Gasteiger partial charge >= 0.3 is 0 Å². The van der Waals surface area contributed by atoms with Crippen LogP contribution in [0.5, 0.6) is 0 Å². The molecule has 0 saturated heterocycles.